The predicted molar refractivity (Wildman–Crippen MR) is 67.7 cm³/mol. The van der Waals surface area contributed by atoms with Crippen molar-refractivity contribution in [3.05, 3.63) is 33.9 Å². The Balaban J connectivity index is 1.76. The van der Waals surface area contributed by atoms with Crippen LogP contribution in [0.3, 0.4) is 0 Å². The molecule has 0 radical (unpaired) electrons. The number of anilines is 1. The van der Waals surface area contributed by atoms with Gasteiger partial charge in [0.15, 0.2) is 0 Å². The number of nitro groups is 1. The van der Waals surface area contributed by atoms with Crippen molar-refractivity contribution >= 4 is 11.4 Å². The number of non-ortho nitro benzene ring substituents is 1. The van der Waals surface area contributed by atoms with Gasteiger partial charge in [0, 0.05) is 30.9 Å². The lowest BCUT2D eigenvalue weighted by Crippen LogP contribution is -2.63. The predicted octanol–water partition coefficient (Wildman–Crippen LogP) is 1.86. The molecule has 1 N–H and O–H groups in total. The number of hydrogen-bond donors (Lipinski definition) is 1. The van der Waals surface area contributed by atoms with Crippen molar-refractivity contribution in [3.63, 3.8) is 0 Å². The van der Waals surface area contributed by atoms with Crippen molar-refractivity contribution in [3.8, 4) is 0 Å². The molecule has 0 bridgehead atoms. The normalized spacial score (nSPS) is 21.6. The number of rotatable bonds is 3. The fraction of sp³-hybridized carbons (Fsp3) is 0.538. The lowest BCUT2D eigenvalue weighted by atomic mass is 9.87. The van der Waals surface area contributed by atoms with Crippen LogP contribution in [-0.4, -0.2) is 28.7 Å². The van der Waals surface area contributed by atoms with Crippen molar-refractivity contribution in [2.45, 2.75) is 25.4 Å². The second-order valence-corrected chi connectivity index (χ2v) is 5.46. The molecule has 96 valence electrons. The van der Waals surface area contributed by atoms with Gasteiger partial charge in [-0.15, -0.1) is 0 Å². The standard InChI is InChI=1S/C13H16N2O3/c1-9-6-11(15(17)18)4-5-12(9)14-7-13(16,8-14)10-2-3-10/h4-6,10,16H,2-3,7-8H2,1H3. The van der Waals surface area contributed by atoms with E-state index in [4.69, 9.17) is 0 Å². The number of hydrogen-bond acceptors (Lipinski definition) is 4. The zero-order chi connectivity index (χ0) is 12.9. The van der Waals surface area contributed by atoms with Crippen LogP contribution in [0, 0.1) is 23.0 Å². The Morgan fingerprint density at radius 3 is 2.61 bits per heavy atom. The summed E-state index contributed by atoms with van der Waals surface area (Å²) in [5.41, 5.74) is 1.48. The highest BCUT2D eigenvalue weighted by Gasteiger charge is 2.52. The summed E-state index contributed by atoms with van der Waals surface area (Å²) in [5.74, 6) is 0.465. The summed E-state index contributed by atoms with van der Waals surface area (Å²) >= 11 is 0. The third-order valence-electron chi connectivity index (χ3n) is 4.00. The van der Waals surface area contributed by atoms with E-state index in [1.807, 2.05) is 6.92 Å². The first-order valence-electron chi connectivity index (χ1n) is 6.22. The molecule has 5 nitrogen and oxygen atoms in total. The van der Waals surface area contributed by atoms with Gasteiger partial charge >= 0.3 is 0 Å². The fourth-order valence-corrected chi connectivity index (χ4v) is 2.77. The van der Waals surface area contributed by atoms with Gasteiger partial charge < -0.3 is 10.0 Å². The summed E-state index contributed by atoms with van der Waals surface area (Å²) < 4.78 is 0. The van der Waals surface area contributed by atoms with Gasteiger partial charge in [-0.25, -0.2) is 0 Å². The van der Waals surface area contributed by atoms with Crippen LogP contribution in [0.25, 0.3) is 0 Å². The minimum absolute atomic E-state index is 0.120. The topological polar surface area (TPSA) is 66.6 Å². The van der Waals surface area contributed by atoms with Gasteiger partial charge in [0.2, 0.25) is 0 Å². The smallest absolute Gasteiger partial charge is 0.269 e. The molecule has 1 heterocycles. The average molecular weight is 248 g/mol. The van der Waals surface area contributed by atoms with E-state index in [9.17, 15) is 15.2 Å². The molecule has 0 atom stereocenters. The molecule has 18 heavy (non-hydrogen) atoms. The summed E-state index contributed by atoms with van der Waals surface area (Å²) in [6.07, 6.45) is 2.26. The van der Waals surface area contributed by atoms with E-state index in [-0.39, 0.29) is 10.6 Å². The van der Waals surface area contributed by atoms with Crippen LogP contribution < -0.4 is 4.90 Å². The lowest BCUT2D eigenvalue weighted by Gasteiger charge is -2.48. The van der Waals surface area contributed by atoms with Gasteiger partial charge in [-0.05, 0) is 37.3 Å². The molecule has 1 aliphatic heterocycles. The molecule has 0 amide bonds. The van der Waals surface area contributed by atoms with Crippen molar-refractivity contribution in [1.82, 2.24) is 0 Å². The fourth-order valence-electron chi connectivity index (χ4n) is 2.77. The van der Waals surface area contributed by atoms with Crippen LogP contribution in [0.2, 0.25) is 0 Å². The number of benzene rings is 1. The van der Waals surface area contributed by atoms with Crippen LogP contribution in [0.5, 0.6) is 0 Å². The van der Waals surface area contributed by atoms with E-state index in [0.29, 0.717) is 19.0 Å². The Bertz CT molecular complexity index is 505. The molecule has 2 aliphatic rings. The number of nitro benzene ring substituents is 1. The van der Waals surface area contributed by atoms with Crippen molar-refractivity contribution in [1.29, 1.82) is 0 Å². The summed E-state index contributed by atoms with van der Waals surface area (Å²) in [5, 5.41) is 20.9. The Labute approximate surface area is 105 Å². The molecule has 0 spiro atoms. The molecule has 1 saturated heterocycles. The first kappa shape index (κ1) is 11.5. The number of aryl methyl sites for hydroxylation is 1. The SMILES string of the molecule is Cc1cc([N+](=O)[O-])ccc1N1CC(O)(C2CC2)C1. The first-order chi connectivity index (χ1) is 8.49. The Kier molecular flexibility index (Phi) is 2.35. The van der Waals surface area contributed by atoms with Gasteiger partial charge in [-0.3, -0.25) is 10.1 Å². The molecule has 0 unspecified atom stereocenters. The maximum Gasteiger partial charge on any atom is 0.269 e. The highest BCUT2D eigenvalue weighted by Crippen LogP contribution is 2.46. The first-order valence-corrected chi connectivity index (χ1v) is 6.22. The van der Waals surface area contributed by atoms with E-state index < -0.39 is 5.60 Å². The maximum absolute atomic E-state index is 10.7. The monoisotopic (exact) mass is 248 g/mol. The van der Waals surface area contributed by atoms with Crippen LogP contribution in [-0.2, 0) is 0 Å². The second-order valence-electron chi connectivity index (χ2n) is 5.46. The van der Waals surface area contributed by atoms with Crippen molar-refractivity contribution < 1.29 is 10.0 Å². The zero-order valence-corrected chi connectivity index (χ0v) is 10.3. The quantitative estimate of drug-likeness (QED) is 0.655. The Hall–Kier alpha value is -1.62. The van der Waals surface area contributed by atoms with Crippen LogP contribution in [0.1, 0.15) is 18.4 Å². The van der Waals surface area contributed by atoms with Crippen molar-refractivity contribution in [2.24, 2.45) is 5.92 Å². The molecule has 1 aliphatic carbocycles. The molecule has 1 saturated carbocycles. The Morgan fingerprint density at radius 1 is 1.44 bits per heavy atom. The lowest BCUT2D eigenvalue weighted by molar-refractivity contribution is -0.384. The van der Waals surface area contributed by atoms with E-state index in [2.05, 4.69) is 4.90 Å². The zero-order valence-electron chi connectivity index (χ0n) is 10.3. The van der Waals surface area contributed by atoms with Gasteiger partial charge in [0.25, 0.3) is 5.69 Å². The number of nitrogens with zero attached hydrogens (tertiary/aromatic N) is 2. The minimum atomic E-state index is -0.520. The van der Waals surface area contributed by atoms with Crippen molar-refractivity contribution in [2.75, 3.05) is 18.0 Å². The molecule has 2 fully saturated rings. The molecule has 3 rings (SSSR count). The van der Waals surface area contributed by atoms with Crippen LogP contribution in [0.15, 0.2) is 18.2 Å². The summed E-state index contributed by atoms with van der Waals surface area (Å²) in [6.45, 7) is 3.17. The summed E-state index contributed by atoms with van der Waals surface area (Å²) in [6, 6.07) is 4.89. The molecular formula is C13H16N2O3. The maximum atomic E-state index is 10.7. The third-order valence-corrected chi connectivity index (χ3v) is 4.00. The van der Waals surface area contributed by atoms with E-state index in [1.54, 1.807) is 12.1 Å². The highest BCUT2D eigenvalue weighted by molar-refractivity contribution is 5.59. The van der Waals surface area contributed by atoms with Gasteiger partial charge in [0.05, 0.1) is 4.92 Å². The average Bonchev–Trinajstić information content (AvgIpc) is 3.09. The van der Waals surface area contributed by atoms with E-state index in [0.717, 1.165) is 24.1 Å². The molecular weight excluding hydrogens is 232 g/mol. The largest absolute Gasteiger partial charge is 0.386 e. The number of β-amino-alcohol motifs (C(OH)–C–C–N with tert-alkyl or cyclic N) is 1. The Morgan fingerprint density at radius 2 is 2.11 bits per heavy atom. The van der Waals surface area contributed by atoms with Gasteiger partial charge in [-0.2, -0.15) is 0 Å². The summed E-state index contributed by atoms with van der Waals surface area (Å²) in [7, 11) is 0. The van der Waals surface area contributed by atoms with E-state index >= 15 is 0 Å². The molecule has 1 aromatic rings. The van der Waals surface area contributed by atoms with E-state index in [1.165, 1.54) is 6.07 Å². The molecule has 0 aromatic heterocycles. The minimum Gasteiger partial charge on any atom is -0.386 e. The number of aliphatic hydroxyl groups is 1. The van der Waals surface area contributed by atoms with Crippen LogP contribution in [0.4, 0.5) is 11.4 Å². The van der Waals surface area contributed by atoms with Gasteiger partial charge in [0.1, 0.15) is 5.60 Å². The summed E-state index contributed by atoms with van der Waals surface area (Å²) in [4.78, 5) is 12.4. The molecule has 1 aromatic carbocycles. The molecule has 5 heteroatoms. The van der Waals surface area contributed by atoms with Crippen LogP contribution >= 0.6 is 0 Å². The highest BCUT2D eigenvalue weighted by atomic mass is 16.6. The third kappa shape index (κ3) is 1.75. The van der Waals surface area contributed by atoms with Gasteiger partial charge in [-0.1, -0.05) is 0 Å². The second kappa shape index (κ2) is 3.68.